The largest absolute Gasteiger partial charge is 0.497 e. The van der Waals surface area contributed by atoms with Crippen LogP contribution in [-0.4, -0.2) is 71.3 Å². The van der Waals surface area contributed by atoms with Crippen LogP contribution in [0.15, 0.2) is 42.6 Å². The van der Waals surface area contributed by atoms with Crippen molar-refractivity contribution in [3.63, 3.8) is 0 Å². The Morgan fingerprint density at radius 3 is 2.13 bits per heavy atom. The van der Waals surface area contributed by atoms with Gasteiger partial charge in [0.1, 0.15) is 11.5 Å². The fourth-order valence-electron chi connectivity index (χ4n) is 3.37. The number of carbonyl (C=O) groups is 1. The van der Waals surface area contributed by atoms with E-state index in [1.54, 1.807) is 42.0 Å². The third kappa shape index (κ3) is 4.68. The van der Waals surface area contributed by atoms with Crippen LogP contribution in [0.5, 0.6) is 11.5 Å². The Balaban J connectivity index is 1.34. The Morgan fingerprint density at radius 1 is 0.935 bits per heavy atom. The first-order valence-electron chi connectivity index (χ1n) is 9.96. The van der Waals surface area contributed by atoms with Gasteiger partial charge in [-0.15, -0.1) is 10.2 Å². The molecule has 0 saturated carbocycles. The monoisotopic (exact) mass is 423 g/mol. The molecule has 0 bridgehead atoms. The number of amides is 2. The SMILES string of the molecule is COc1cc(NC(=O)N2CCN(c3ccc(-n4ccc(C)n4)nn3)CC2)cc(OC)c1. The van der Waals surface area contributed by atoms with E-state index in [1.165, 1.54) is 0 Å². The highest BCUT2D eigenvalue weighted by Crippen LogP contribution is 2.26. The van der Waals surface area contributed by atoms with Gasteiger partial charge >= 0.3 is 6.03 Å². The highest BCUT2D eigenvalue weighted by atomic mass is 16.5. The number of rotatable bonds is 5. The van der Waals surface area contributed by atoms with Crippen molar-refractivity contribution in [3.8, 4) is 17.3 Å². The van der Waals surface area contributed by atoms with Crippen molar-refractivity contribution in [3.05, 3.63) is 48.3 Å². The van der Waals surface area contributed by atoms with Crippen LogP contribution >= 0.6 is 0 Å². The fourth-order valence-corrected chi connectivity index (χ4v) is 3.37. The summed E-state index contributed by atoms with van der Waals surface area (Å²) >= 11 is 0. The van der Waals surface area contributed by atoms with E-state index in [0.717, 1.165) is 11.5 Å². The molecule has 1 aliphatic heterocycles. The molecule has 1 fully saturated rings. The molecule has 31 heavy (non-hydrogen) atoms. The molecule has 1 aromatic carbocycles. The van der Waals surface area contributed by atoms with Gasteiger partial charge in [-0.3, -0.25) is 0 Å². The van der Waals surface area contributed by atoms with E-state index < -0.39 is 0 Å². The van der Waals surface area contributed by atoms with E-state index in [2.05, 4.69) is 25.5 Å². The molecule has 1 aliphatic rings. The van der Waals surface area contributed by atoms with Crippen molar-refractivity contribution in [2.75, 3.05) is 50.6 Å². The number of carbonyl (C=O) groups excluding carboxylic acids is 1. The van der Waals surface area contributed by atoms with Crippen LogP contribution in [0.4, 0.5) is 16.3 Å². The Bertz CT molecular complexity index is 1020. The molecule has 10 heteroatoms. The molecule has 2 aromatic heterocycles. The number of nitrogens with one attached hydrogen (secondary N) is 1. The molecule has 2 amide bonds. The second-order valence-corrected chi connectivity index (χ2v) is 7.16. The van der Waals surface area contributed by atoms with Crippen LogP contribution in [0, 0.1) is 6.92 Å². The van der Waals surface area contributed by atoms with Crippen LogP contribution in [0.2, 0.25) is 0 Å². The summed E-state index contributed by atoms with van der Waals surface area (Å²) in [4.78, 5) is 16.6. The summed E-state index contributed by atoms with van der Waals surface area (Å²) in [6.45, 7) is 4.43. The van der Waals surface area contributed by atoms with E-state index >= 15 is 0 Å². The maximum atomic E-state index is 12.7. The maximum Gasteiger partial charge on any atom is 0.321 e. The molecular formula is C21H25N7O3. The molecule has 0 spiro atoms. The lowest BCUT2D eigenvalue weighted by atomic mass is 10.2. The first-order valence-corrected chi connectivity index (χ1v) is 9.96. The number of aromatic nitrogens is 4. The summed E-state index contributed by atoms with van der Waals surface area (Å²) in [5, 5.41) is 15.9. The number of piperazine rings is 1. The second kappa shape index (κ2) is 8.90. The smallest absolute Gasteiger partial charge is 0.321 e. The van der Waals surface area contributed by atoms with E-state index in [1.807, 2.05) is 31.3 Å². The van der Waals surface area contributed by atoms with E-state index in [-0.39, 0.29) is 6.03 Å². The van der Waals surface area contributed by atoms with Gasteiger partial charge in [-0.05, 0) is 25.1 Å². The molecular weight excluding hydrogens is 398 g/mol. The van der Waals surface area contributed by atoms with Crippen LogP contribution in [0.25, 0.3) is 5.82 Å². The average Bonchev–Trinajstić information content (AvgIpc) is 3.25. The number of anilines is 2. The Kier molecular flexibility index (Phi) is 5.87. The number of ether oxygens (including phenoxy) is 2. The highest BCUT2D eigenvalue weighted by molar-refractivity contribution is 5.90. The number of hydrogen-bond acceptors (Lipinski definition) is 7. The van der Waals surface area contributed by atoms with Crippen molar-refractivity contribution in [2.24, 2.45) is 0 Å². The van der Waals surface area contributed by atoms with Crippen LogP contribution < -0.4 is 19.7 Å². The summed E-state index contributed by atoms with van der Waals surface area (Å²) < 4.78 is 12.2. The lowest BCUT2D eigenvalue weighted by Gasteiger charge is -2.35. The zero-order chi connectivity index (χ0) is 21.8. The van der Waals surface area contributed by atoms with Gasteiger partial charge in [-0.25, -0.2) is 9.48 Å². The van der Waals surface area contributed by atoms with Crippen molar-refractivity contribution in [2.45, 2.75) is 6.92 Å². The minimum absolute atomic E-state index is 0.162. The van der Waals surface area contributed by atoms with Crippen LogP contribution in [0.1, 0.15) is 5.69 Å². The predicted octanol–water partition coefficient (Wildman–Crippen LogP) is 2.34. The van der Waals surface area contributed by atoms with Gasteiger partial charge in [0.25, 0.3) is 0 Å². The van der Waals surface area contributed by atoms with Gasteiger partial charge in [0, 0.05) is 56.3 Å². The topological polar surface area (TPSA) is 97.6 Å². The third-order valence-electron chi connectivity index (χ3n) is 5.09. The van der Waals surface area contributed by atoms with E-state index in [4.69, 9.17) is 9.47 Å². The molecule has 0 radical (unpaired) electrons. The van der Waals surface area contributed by atoms with E-state index in [0.29, 0.717) is 49.2 Å². The number of nitrogens with zero attached hydrogens (tertiary/aromatic N) is 6. The lowest BCUT2D eigenvalue weighted by Crippen LogP contribution is -2.50. The minimum atomic E-state index is -0.162. The molecule has 3 heterocycles. The minimum Gasteiger partial charge on any atom is -0.497 e. The maximum absolute atomic E-state index is 12.7. The normalized spacial score (nSPS) is 13.8. The van der Waals surface area contributed by atoms with Crippen LogP contribution in [-0.2, 0) is 0 Å². The second-order valence-electron chi connectivity index (χ2n) is 7.16. The Labute approximate surface area is 180 Å². The number of benzene rings is 1. The summed E-state index contributed by atoms with van der Waals surface area (Å²) in [6.07, 6.45) is 1.86. The first-order chi connectivity index (χ1) is 15.1. The summed E-state index contributed by atoms with van der Waals surface area (Å²) in [5.74, 6) is 2.69. The van der Waals surface area contributed by atoms with Crippen LogP contribution in [0.3, 0.4) is 0 Å². The van der Waals surface area contributed by atoms with Crippen molar-refractivity contribution in [1.29, 1.82) is 0 Å². The number of urea groups is 1. The van der Waals surface area contributed by atoms with Gasteiger partial charge in [0.15, 0.2) is 11.6 Å². The standard InChI is InChI=1S/C21H25N7O3/c1-15-6-7-28(25-15)20-5-4-19(23-24-20)26-8-10-27(11-9-26)21(29)22-16-12-17(30-2)14-18(13-16)31-3/h4-7,12-14H,8-11H2,1-3H3,(H,22,29). The van der Waals surface area contributed by atoms with Gasteiger partial charge in [-0.1, -0.05) is 0 Å². The highest BCUT2D eigenvalue weighted by Gasteiger charge is 2.22. The quantitative estimate of drug-likeness (QED) is 0.673. The summed E-state index contributed by atoms with van der Waals surface area (Å²) in [5.41, 5.74) is 1.55. The molecule has 10 nitrogen and oxygen atoms in total. The molecule has 0 unspecified atom stereocenters. The molecule has 3 aromatic rings. The molecule has 4 rings (SSSR count). The molecule has 1 saturated heterocycles. The zero-order valence-corrected chi connectivity index (χ0v) is 17.8. The zero-order valence-electron chi connectivity index (χ0n) is 17.8. The van der Waals surface area contributed by atoms with Gasteiger partial charge in [0.05, 0.1) is 19.9 Å². The van der Waals surface area contributed by atoms with Crippen molar-refractivity contribution in [1.82, 2.24) is 24.9 Å². The van der Waals surface area contributed by atoms with E-state index in [9.17, 15) is 4.79 Å². The number of hydrogen-bond donors (Lipinski definition) is 1. The summed E-state index contributed by atoms with van der Waals surface area (Å²) in [6, 6.07) is 10.9. The van der Waals surface area contributed by atoms with Gasteiger partial charge in [-0.2, -0.15) is 5.10 Å². The number of aryl methyl sites for hydroxylation is 1. The first kappa shape index (κ1) is 20.5. The molecule has 0 aliphatic carbocycles. The number of methoxy groups -OCH3 is 2. The Hall–Kier alpha value is -3.82. The van der Waals surface area contributed by atoms with Crippen molar-refractivity contribution >= 4 is 17.5 Å². The van der Waals surface area contributed by atoms with Gasteiger partial charge < -0.3 is 24.6 Å². The third-order valence-corrected chi connectivity index (χ3v) is 5.09. The van der Waals surface area contributed by atoms with Crippen molar-refractivity contribution < 1.29 is 14.3 Å². The molecule has 0 atom stereocenters. The lowest BCUT2D eigenvalue weighted by molar-refractivity contribution is 0.208. The fraction of sp³-hybridized carbons (Fsp3) is 0.333. The van der Waals surface area contributed by atoms with Gasteiger partial charge in [0.2, 0.25) is 0 Å². The Morgan fingerprint density at radius 2 is 1.58 bits per heavy atom. The molecule has 162 valence electrons. The molecule has 1 N–H and O–H groups in total. The average molecular weight is 423 g/mol. The summed E-state index contributed by atoms with van der Waals surface area (Å²) in [7, 11) is 3.15. The predicted molar refractivity (Wildman–Crippen MR) is 116 cm³/mol.